The maximum atomic E-state index is 12.6. The van der Waals surface area contributed by atoms with Crippen LogP contribution in [0.25, 0.3) is 0 Å². The average molecular weight is 526 g/mol. The molecule has 0 fully saturated rings. The van der Waals surface area contributed by atoms with Gasteiger partial charge in [-0.3, -0.25) is 14.8 Å². The van der Waals surface area contributed by atoms with Crippen LogP contribution in [-0.4, -0.2) is 97.1 Å². The van der Waals surface area contributed by atoms with Gasteiger partial charge in [-0.15, -0.1) is 0 Å². The minimum absolute atomic E-state index is 0.102. The zero-order valence-electron chi connectivity index (χ0n) is 23.7. The molecule has 0 aliphatic rings. The first-order valence-electron chi connectivity index (χ1n) is 12.6. The van der Waals surface area contributed by atoms with E-state index in [4.69, 9.17) is 16.2 Å². The highest BCUT2D eigenvalue weighted by Gasteiger charge is 2.23. The van der Waals surface area contributed by atoms with E-state index in [0.29, 0.717) is 19.5 Å². The van der Waals surface area contributed by atoms with Gasteiger partial charge in [-0.1, -0.05) is 26.0 Å². The van der Waals surface area contributed by atoms with Gasteiger partial charge in [0.1, 0.15) is 23.8 Å². The van der Waals surface area contributed by atoms with Crippen molar-refractivity contribution in [1.82, 2.24) is 15.1 Å². The Hall–Kier alpha value is -3.31. The predicted octanol–water partition coefficient (Wildman–Crippen LogP) is 2.28. The fourth-order valence-corrected chi connectivity index (χ4v) is 3.24. The zero-order chi connectivity index (χ0) is 28.6. The molecule has 0 aromatic carbocycles. The summed E-state index contributed by atoms with van der Waals surface area (Å²) in [5, 5.41) is 2.38. The van der Waals surface area contributed by atoms with Gasteiger partial charge in [-0.2, -0.15) is 0 Å². The lowest BCUT2D eigenvalue weighted by Gasteiger charge is -2.27. The second-order valence-electron chi connectivity index (χ2n) is 9.56. The van der Waals surface area contributed by atoms with E-state index >= 15 is 0 Å². The van der Waals surface area contributed by atoms with E-state index in [2.05, 4.69) is 20.0 Å². The monoisotopic (exact) mass is 525 g/mol. The molecule has 0 spiro atoms. The fraction of sp³-hybridized carbons (Fsp3) is 0.720. The Morgan fingerprint density at radius 1 is 1.00 bits per heavy atom. The van der Waals surface area contributed by atoms with E-state index in [1.54, 1.807) is 0 Å². The largest absolute Gasteiger partial charge is 0.453 e. The normalized spacial score (nSPS) is 14.2. The molecule has 0 rings (SSSR count). The molecule has 5 N–H and O–H groups in total. The SMILES string of the molecule is C/C=C\C(N=C(N)CN(CCC)C(=O)OC(C)(C)C)[C@H](C)N=C(N)CN(CCC)C(=O)CNC(=O)OC. The predicted molar refractivity (Wildman–Crippen MR) is 147 cm³/mol. The lowest BCUT2D eigenvalue weighted by Crippen LogP contribution is -2.45. The first-order chi connectivity index (χ1) is 17.3. The summed E-state index contributed by atoms with van der Waals surface area (Å²) in [6, 6.07) is -0.815. The number of carbonyl (C=O) groups is 3. The molecule has 0 bridgehead atoms. The van der Waals surface area contributed by atoms with E-state index in [0.717, 1.165) is 6.42 Å². The molecule has 0 saturated heterocycles. The van der Waals surface area contributed by atoms with Gasteiger partial charge in [-0.05, 0) is 47.5 Å². The zero-order valence-corrected chi connectivity index (χ0v) is 23.7. The third-order valence-electron chi connectivity index (χ3n) is 4.83. The molecule has 12 heteroatoms. The van der Waals surface area contributed by atoms with Crippen LogP contribution in [0.2, 0.25) is 0 Å². The van der Waals surface area contributed by atoms with Crippen LogP contribution in [0.3, 0.4) is 0 Å². The first kappa shape index (κ1) is 33.7. The van der Waals surface area contributed by atoms with E-state index in [9.17, 15) is 14.4 Å². The lowest BCUT2D eigenvalue weighted by atomic mass is 10.1. The summed E-state index contributed by atoms with van der Waals surface area (Å²) in [5.41, 5.74) is 11.8. The van der Waals surface area contributed by atoms with Crippen LogP contribution in [0.1, 0.15) is 61.3 Å². The van der Waals surface area contributed by atoms with Crippen molar-refractivity contribution in [2.45, 2.75) is 79.0 Å². The van der Waals surface area contributed by atoms with Gasteiger partial charge in [-0.25, -0.2) is 9.59 Å². The van der Waals surface area contributed by atoms with Crippen LogP contribution in [-0.2, 0) is 14.3 Å². The van der Waals surface area contributed by atoms with E-state index in [1.807, 2.05) is 60.6 Å². The Morgan fingerprint density at radius 2 is 1.54 bits per heavy atom. The maximum Gasteiger partial charge on any atom is 0.410 e. The minimum Gasteiger partial charge on any atom is -0.453 e. The van der Waals surface area contributed by atoms with Gasteiger partial charge >= 0.3 is 12.2 Å². The number of ether oxygens (including phenoxy) is 2. The molecule has 12 nitrogen and oxygen atoms in total. The van der Waals surface area contributed by atoms with Gasteiger partial charge in [0.05, 0.1) is 32.3 Å². The Kier molecular flexibility index (Phi) is 15.7. The number of aliphatic imine (C=N–C) groups is 2. The molecule has 0 radical (unpaired) electrons. The molecule has 0 saturated carbocycles. The highest BCUT2D eigenvalue weighted by atomic mass is 16.6. The molecule has 0 aromatic heterocycles. The summed E-state index contributed by atoms with van der Waals surface area (Å²) < 4.78 is 9.98. The van der Waals surface area contributed by atoms with Crippen molar-refractivity contribution >= 4 is 29.8 Å². The number of nitrogens with one attached hydrogen (secondary N) is 1. The van der Waals surface area contributed by atoms with Crippen molar-refractivity contribution in [1.29, 1.82) is 0 Å². The lowest BCUT2D eigenvalue weighted by molar-refractivity contribution is -0.129. The number of allylic oxidation sites excluding steroid dienone is 1. The Bertz CT molecular complexity index is 821. The number of methoxy groups -OCH3 is 1. The standard InChI is InChI=1S/C25H47N7O5/c1-9-12-19(30-21(27)17-32(14-11-3)24(35)37-25(5,6)7)18(4)29-20(26)16-31(13-10-2)22(33)15-28-23(34)36-8/h9,12,18-19H,10-11,13-17H2,1-8H3,(H2,26,29)(H2,27,30)(H,28,34)/b12-9-/t18-,19?/m0/s1. The molecular weight excluding hydrogens is 478 g/mol. The van der Waals surface area contributed by atoms with Crippen molar-refractivity contribution in [3.8, 4) is 0 Å². The van der Waals surface area contributed by atoms with Gasteiger partial charge < -0.3 is 36.1 Å². The molecule has 3 amide bonds. The smallest absolute Gasteiger partial charge is 0.410 e. The van der Waals surface area contributed by atoms with E-state index in [-0.39, 0.29) is 43.3 Å². The van der Waals surface area contributed by atoms with Crippen LogP contribution in [0.15, 0.2) is 22.1 Å². The fourth-order valence-electron chi connectivity index (χ4n) is 3.24. The summed E-state index contributed by atoms with van der Waals surface area (Å²) in [4.78, 5) is 48.5. The van der Waals surface area contributed by atoms with Crippen LogP contribution in [0, 0.1) is 0 Å². The third-order valence-corrected chi connectivity index (χ3v) is 4.83. The van der Waals surface area contributed by atoms with Crippen LogP contribution >= 0.6 is 0 Å². The van der Waals surface area contributed by atoms with Crippen molar-refractivity contribution in [2.75, 3.05) is 39.8 Å². The topological polar surface area (TPSA) is 165 Å². The average Bonchev–Trinajstić information content (AvgIpc) is 2.80. The molecule has 0 aromatic rings. The minimum atomic E-state index is -0.686. The summed E-state index contributed by atoms with van der Waals surface area (Å²) in [6.45, 7) is 14.0. The molecular formula is C25H47N7O5. The number of amidine groups is 2. The second kappa shape index (κ2) is 17.2. The summed E-state index contributed by atoms with van der Waals surface area (Å²) >= 11 is 0. The first-order valence-corrected chi connectivity index (χ1v) is 12.6. The Labute approximate surface area is 221 Å². The number of hydrogen-bond donors (Lipinski definition) is 3. The Balaban J connectivity index is 5.52. The van der Waals surface area contributed by atoms with Crippen LogP contribution in [0.5, 0.6) is 0 Å². The third kappa shape index (κ3) is 14.7. The van der Waals surface area contributed by atoms with Crippen molar-refractivity contribution in [3.63, 3.8) is 0 Å². The van der Waals surface area contributed by atoms with Crippen molar-refractivity contribution in [2.24, 2.45) is 21.5 Å². The molecule has 37 heavy (non-hydrogen) atoms. The number of nitrogens with two attached hydrogens (primary N) is 2. The highest BCUT2D eigenvalue weighted by Crippen LogP contribution is 2.11. The number of carbonyl (C=O) groups excluding carboxylic acids is 3. The molecule has 212 valence electrons. The van der Waals surface area contributed by atoms with Gasteiger partial charge in [0, 0.05) is 13.1 Å². The summed E-state index contributed by atoms with van der Waals surface area (Å²) in [7, 11) is 1.23. The Morgan fingerprint density at radius 3 is 2.05 bits per heavy atom. The molecule has 0 aliphatic carbocycles. The number of amides is 3. The van der Waals surface area contributed by atoms with E-state index in [1.165, 1.54) is 16.9 Å². The van der Waals surface area contributed by atoms with Crippen molar-refractivity contribution in [3.05, 3.63) is 12.2 Å². The van der Waals surface area contributed by atoms with Crippen LogP contribution < -0.4 is 16.8 Å². The van der Waals surface area contributed by atoms with Crippen molar-refractivity contribution < 1.29 is 23.9 Å². The van der Waals surface area contributed by atoms with E-state index < -0.39 is 23.8 Å². The summed E-state index contributed by atoms with van der Waals surface area (Å²) in [5.74, 6) is 0.209. The number of alkyl carbamates (subject to hydrolysis) is 1. The molecule has 0 aliphatic heterocycles. The number of hydrogen-bond acceptors (Lipinski definition) is 7. The molecule has 0 heterocycles. The summed E-state index contributed by atoms with van der Waals surface area (Å²) in [6.07, 6.45) is 4.00. The van der Waals surface area contributed by atoms with Gasteiger partial charge in [0.25, 0.3) is 0 Å². The quantitative estimate of drug-likeness (QED) is 0.178. The highest BCUT2D eigenvalue weighted by molar-refractivity contribution is 5.89. The number of rotatable bonds is 14. The van der Waals surface area contributed by atoms with Gasteiger partial charge in [0.2, 0.25) is 5.91 Å². The molecule has 1 unspecified atom stereocenters. The number of nitrogens with zero attached hydrogens (tertiary/aromatic N) is 4. The second-order valence-corrected chi connectivity index (χ2v) is 9.56. The molecule has 2 atom stereocenters. The van der Waals surface area contributed by atoms with Gasteiger partial charge in [0.15, 0.2) is 0 Å². The van der Waals surface area contributed by atoms with Crippen LogP contribution in [0.4, 0.5) is 9.59 Å². The maximum absolute atomic E-state index is 12.6.